The van der Waals surface area contributed by atoms with Crippen LogP contribution in [-0.2, 0) is 15.9 Å². The van der Waals surface area contributed by atoms with Crippen molar-refractivity contribution in [2.45, 2.75) is 58.3 Å². The number of aromatic amines is 1. The van der Waals surface area contributed by atoms with Crippen LogP contribution < -0.4 is 5.46 Å². The Hall–Kier alpha value is -3.46. The van der Waals surface area contributed by atoms with Gasteiger partial charge in [0.2, 0.25) is 0 Å². The minimum Gasteiger partial charge on any atom is -0.494 e. The molecule has 7 nitrogen and oxygen atoms in total. The molecule has 0 radical (unpaired) electrons. The van der Waals surface area contributed by atoms with E-state index in [-0.39, 0.29) is 5.88 Å². The highest BCUT2D eigenvalue weighted by atomic mass is 16.7. The van der Waals surface area contributed by atoms with Crippen molar-refractivity contribution in [1.29, 1.82) is 0 Å². The Morgan fingerprint density at radius 1 is 1.00 bits per heavy atom. The molecule has 0 aliphatic carbocycles. The quantitative estimate of drug-likeness (QED) is 0.264. The molecule has 2 N–H and O–H groups in total. The van der Waals surface area contributed by atoms with E-state index in [0.29, 0.717) is 17.0 Å². The number of nitrogens with zero attached hydrogens (tertiary/aromatic N) is 3. The first kappa shape index (κ1) is 25.8. The lowest BCUT2D eigenvalue weighted by atomic mass is 9.78. The summed E-state index contributed by atoms with van der Waals surface area (Å²) in [5, 5.41) is 12.0. The van der Waals surface area contributed by atoms with Crippen LogP contribution >= 0.6 is 0 Å². The molecule has 0 saturated carbocycles. The van der Waals surface area contributed by atoms with E-state index in [9.17, 15) is 5.11 Å². The van der Waals surface area contributed by atoms with E-state index in [1.54, 1.807) is 6.20 Å². The van der Waals surface area contributed by atoms with E-state index in [1.165, 1.54) is 31.5 Å². The zero-order valence-electron chi connectivity index (χ0n) is 23.1. The van der Waals surface area contributed by atoms with Crippen LogP contribution in [0.1, 0.15) is 57.4 Å². The smallest absolute Gasteiger partial charge is 0.494 e. The number of aromatic nitrogens is 2. The molecule has 200 valence electrons. The maximum atomic E-state index is 11.1. The molecule has 8 heteroatoms. The SMILES string of the molecule is CC1(C)OB(c2ccc3c(C(=Nc4ccc(CN5CCCC5)cc4)c4ccccn4)c(O)[nH]c3c2)OC1(C)C. The van der Waals surface area contributed by atoms with Crippen LogP contribution in [0.3, 0.4) is 0 Å². The van der Waals surface area contributed by atoms with E-state index >= 15 is 0 Å². The molecule has 2 aromatic carbocycles. The van der Waals surface area contributed by atoms with Crippen LogP contribution in [0.25, 0.3) is 10.9 Å². The maximum Gasteiger partial charge on any atom is 0.494 e. The molecule has 0 atom stereocenters. The van der Waals surface area contributed by atoms with Gasteiger partial charge in [-0.25, -0.2) is 4.99 Å². The molecule has 2 saturated heterocycles. The Bertz CT molecular complexity index is 1490. The number of benzene rings is 2. The largest absolute Gasteiger partial charge is 0.494 e. The molecule has 2 aromatic heterocycles. The van der Waals surface area contributed by atoms with Gasteiger partial charge in [0.1, 0.15) is 5.71 Å². The van der Waals surface area contributed by atoms with Gasteiger partial charge in [-0.05, 0) is 95.0 Å². The second-order valence-electron chi connectivity index (χ2n) is 11.6. The van der Waals surface area contributed by atoms with E-state index in [0.717, 1.165) is 28.6 Å². The maximum absolute atomic E-state index is 11.1. The first-order chi connectivity index (χ1) is 18.7. The van der Waals surface area contributed by atoms with Gasteiger partial charge < -0.3 is 19.4 Å². The first-order valence-electron chi connectivity index (χ1n) is 13.7. The van der Waals surface area contributed by atoms with Crippen LogP contribution in [0.2, 0.25) is 0 Å². The third-order valence-electron chi connectivity index (χ3n) is 8.25. The molecule has 4 heterocycles. The number of aliphatic imine (C=N–C) groups is 1. The number of likely N-dealkylation sites (tertiary alicyclic amines) is 1. The van der Waals surface area contributed by atoms with E-state index in [4.69, 9.17) is 14.3 Å². The third kappa shape index (κ3) is 5.00. The number of fused-ring (bicyclic) bond motifs is 1. The van der Waals surface area contributed by atoms with Crippen molar-refractivity contribution >= 4 is 34.9 Å². The number of pyridine rings is 1. The molecule has 0 amide bonds. The van der Waals surface area contributed by atoms with Crippen LogP contribution in [0.15, 0.2) is 71.9 Å². The average molecular weight is 522 g/mol. The van der Waals surface area contributed by atoms with Crippen LogP contribution in [-0.4, -0.2) is 57.1 Å². The fourth-order valence-corrected chi connectivity index (χ4v) is 5.31. The van der Waals surface area contributed by atoms with Crippen molar-refractivity contribution < 1.29 is 14.4 Å². The molecule has 2 aliphatic rings. The van der Waals surface area contributed by atoms with Crippen LogP contribution in [0.5, 0.6) is 5.88 Å². The highest BCUT2D eigenvalue weighted by molar-refractivity contribution is 6.62. The number of H-pyrrole nitrogens is 1. The molecule has 4 aromatic rings. The van der Waals surface area contributed by atoms with Gasteiger partial charge in [0, 0.05) is 23.6 Å². The zero-order chi connectivity index (χ0) is 27.2. The molecule has 39 heavy (non-hydrogen) atoms. The van der Waals surface area contributed by atoms with Gasteiger partial charge >= 0.3 is 7.12 Å². The Balaban J connectivity index is 1.37. The Kier molecular flexibility index (Phi) is 6.57. The average Bonchev–Trinajstić information content (AvgIpc) is 3.59. The first-order valence-corrected chi connectivity index (χ1v) is 13.7. The number of hydrogen-bond donors (Lipinski definition) is 2. The minimum absolute atomic E-state index is 0.0473. The third-order valence-corrected chi connectivity index (χ3v) is 8.25. The molecule has 0 spiro atoms. The summed E-state index contributed by atoms with van der Waals surface area (Å²) in [7, 11) is -0.490. The standard InChI is InChI=1S/C31H35BN4O3/c1-30(2)31(3,4)39-32(38-30)22-12-15-24-26(19-22)35-29(37)27(24)28(25-9-5-6-16-33-25)34-23-13-10-21(11-14-23)20-36-17-7-8-18-36/h5-6,9-16,19,35,37H,7-8,17-18,20H2,1-4H3. The summed E-state index contributed by atoms with van der Waals surface area (Å²) in [5.41, 5.74) is 4.80. The molecule has 2 fully saturated rings. The summed E-state index contributed by atoms with van der Waals surface area (Å²) in [6.45, 7) is 11.5. The van der Waals surface area contributed by atoms with E-state index in [2.05, 4.69) is 27.0 Å². The minimum atomic E-state index is -0.490. The lowest BCUT2D eigenvalue weighted by Gasteiger charge is -2.32. The summed E-state index contributed by atoms with van der Waals surface area (Å²) in [6, 6.07) is 20.0. The number of rotatable bonds is 6. The Labute approximate surface area is 230 Å². The zero-order valence-corrected chi connectivity index (χ0v) is 23.1. The van der Waals surface area contributed by atoms with Crippen molar-refractivity contribution in [1.82, 2.24) is 14.9 Å². The van der Waals surface area contributed by atoms with Gasteiger partial charge in [-0.1, -0.05) is 30.3 Å². The summed E-state index contributed by atoms with van der Waals surface area (Å²) < 4.78 is 12.5. The van der Waals surface area contributed by atoms with Crippen molar-refractivity contribution in [3.05, 3.63) is 83.7 Å². The number of nitrogens with one attached hydrogen (secondary N) is 1. The van der Waals surface area contributed by atoms with Crippen molar-refractivity contribution in [2.24, 2.45) is 4.99 Å². The van der Waals surface area contributed by atoms with Crippen LogP contribution in [0, 0.1) is 0 Å². The van der Waals surface area contributed by atoms with Gasteiger partial charge in [0.25, 0.3) is 0 Å². The van der Waals surface area contributed by atoms with Gasteiger partial charge in [-0.3, -0.25) is 9.88 Å². The molecule has 6 rings (SSSR count). The molecule has 0 bridgehead atoms. The lowest BCUT2D eigenvalue weighted by molar-refractivity contribution is 0.00578. The van der Waals surface area contributed by atoms with Crippen molar-refractivity contribution in [2.75, 3.05) is 13.1 Å². The molecule has 2 aliphatic heterocycles. The van der Waals surface area contributed by atoms with Crippen molar-refractivity contribution in [3.8, 4) is 5.88 Å². The Morgan fingerprint density at radius 3 is 2.38 bits per heavy atom. The summed E-state index contributed by atoms with van der Waals surface area (Å²) >= 11 is 0. The normalized spacial score (nSPS) is 19.3. The predicted molar refractivity (Wildman–Crippen MR) is 156 cm³/mol. The predicted octanol–water partition coefficient (Wildman–Crippen LogP) is 5.33. The lowest BCUT2D eigenvalue weighted by Crippen LogP contribution is -2.41. The highest BCUT2D eigenvalue weighted by Crippen LogP contribution is 2.37. The number of aromatic hydroxyl groups is 1. The van der Waals surface area contributed by atoms with E-state index in [1.807, 2.05) is 76.2 Å². The number of hydrogen-bond acceptors (Lipinski definition) is 6. The fraction of sp³-hybridized carbons (Fsp3) is 0.355. The highest BCUT2D eigenvalue weighted by Gasteiger charge is 2.51. The van der Waals surface area contributed by atoms with Gasteiger partial charge in [-0.2, -0.15) is 0 Å². The molecule has 0 unspecified atom stereocenters. The second kappa shape index (κ2) is 9.94. The Morgan fingerprint density at radius 2 is 1.72 bits per heavy atom. The topological polar surface area (TPSA) is 83.0 Å². The summed E-state index contributed by atoms with van der Waals surface area (Å²) in [4.78, 5) is 15.2. The second-order valence-corrected chi connectivity index (χ2v) is 11.6. The fourth-order valence-electron chi connectivity index (χ4n) is 5.31. The van der Waals surface area contributed by atoms with Crippen LogP contribution in [0.4, 0.5) is 5.69 Å². The molecular formula is C31H35BN4O3. The molecular weight excluding hydrogens is 487 g/mol. The summed E-state index contributed by atoms with van der Waals surface area (Å²) in [6.07, 6.45) is 4.30. The van der Waals surface area contributed by atoms with Gasteiger partial charge in [0.05, 0.1) is 28.1 Å². The van der Waals surface area contributed by atoms with Crippen molar-refractivity contribution in [3.63, 3.8) is 0 Å². The monoisotopic (exact) mass is 522 g/mol. The van der Waals surface area contributed by atoms with Gasteiger partial charge in [-0.15, -0.1) is 0 Å². The summed E-state index contributed by atoms with van der Waals surface area (Å²) in [5.74, 6) is 0.0473. The van der Waals surface area contributed by atoms with Gasteiger partial charge in [0.15, 0.2) is 5.88 Å². The van der Waals surface area contributed by atoms with E-state index < -0.39 is 18.3 Å².